The largest absolute Gasteiger partial charge is 0.490 e. The van der Waals surface area contributed by atoms with E-state index >= 15 is 0 Å². The molecule has 0 spiro atoms. The maximum atomic E-state index is 14.2. The number of nitrogens with zero attached hydrogens (tertiary/aromatic N) is 1. The molecule has 39 heavy (non-hydrogen) atoms. The Labute approximate surface area is 226 Å². The van der Waals surface area contributed by atoms with Gasteiger partial charge in [-0.2, -0.15) is 0 Å². The highest BCUT2D eigenvalue weighted by Crippen LogP contribution is 2.36. The number of hydrogen-bond acceptors (Lipinski definition) is 5. The highest BCUT2D eigenvalue weighted by Gasteiger charge is 2.36. The summed E-state index contributed by atoms with van der Waals surface area (Å²) in [5, 5.41) is 2.24. The zero-order chi connectivity index (χ0) is 27.9. The van der Waals surface area contributed by atoms with Gasteiger partial charge in [-0.25, -0.2) is 14.1 Å². The van der Waals surface area contributed by atoms with E-state index in [4.69, 9.17) is 9.47 Å². The molecule has 1 fully saturated rings. The standard InChI is InChI=1S/C31H29FN2O5/c1-4-9-22-16-21(18-27(38-6-3)28(22)39-19-23-10-7-8-11-26(23)32)17-25-29(35)33-31(37)34(30(25)36)24-14-12-20(5-2)13-15-24/h4,7-8,10-18H,1,5-6,9,19H2,2-3H3,(H,33,35,37)/b25-17-. The van der Waals surface area contributed by atoms with Gasteiger partial charge in [-0.05, 0) is 67.3 Å². The molecule has 1 N–H and O–H groups in total. The van der Waals surface area contributed by atoms with Gasteiger partial charge in [-0.1, -0.05) is 43.3 Å². The predicted octanol–water partition coefficient (Wildman–Crippen LogP) is 5.76. The van der Waals surface area contributed by atoms with E-state index in [0.717, 1.165) is 16.9 Å². The van der Waals surface area contributed by atoms with Crippen molar-refractivity contribution in [2.75, 3.05) is 11.5 Å². The fourth-order valence-electron chi connectivity index (χ4n) is 4.21. The van der Waals surface area contributed by atoms with Crippen molar-refractivity contribution in [3.8, 4) is 11.5 Å². The molecule has 3 aromatic carbocycles. The predicted molar refractivity (Wildman–Crippen MR) is 147 cm³/mol. The van der Waals surface area contributed by atoms with Crippen LogP contribution in [-0.2, 0) is 29.0 Å². The SMILES string of the molecule is C=CCc1cc(/C=C2/C(=O)NC(=O)N(c3ccc(CC)cc3)C2=O)cc(OCC)c1OCc1ccccc1F. The van der Waals surface area contributed by atoms with E-state index in [0.29, 0.717) is 46.9 Å². The zero-order valence-electron chi connectivity index (χ0n) is 21.8. The number of hydrogen-bond donors (Lipinski definition) is 1. The van der Waals surface area contributed by atoms with Crippen molar-refractivity contribution in [2.45, 2.75) is 33.3 Å². The molecule has 7 nitrogen and oxygen atoms in total. The first-order valence-corrected chi connectivity index (χ1v) is 12.6. The van der Waals surface area contributed by atoms with Crippen molar-refractivity contribution < 1.29 is 28.2 Å². The van der Waals surface area contributed by atoms with Crippen molar-refractivity contribution in [1.29, 1.82) is 0 Å². The molecule has 8 heteroatoms. The first-order chi connectivity index (χ1) is 18.9. The van der Waals surface area contributed by atoms with Crippen LogP contribution in [0, 0.1) is 5.82 Å². The molecular formula is C31H29FN2O5. The van der Waals surface area contributed by atoms with Gasteiger partial charge in [0.25, 0.3) is 11.8 Å². The Morgan fingerprint density at radius 3 is 2.38 bits per heavy atom. The Balaban J connectivity index is 1.71. The lowest BCUT2D eigenvalue weighted by Crippen LogP contribution is -2.54. The summed E-state index contributed by atoms with van der Waals surface area (Å²) in [6.07, 6.45) is 4.28. The van der Waals surface area contributed by atoms with E-state index in [9.17, 15) is 18.8 Å². The number of nitrogens with one attached hydrogen (secondary N) is 1. The lowest BCUT2D eigenvalue weighted by Gasteiger charge is -2.26. The van der Waals surface area contributed by atoms with Gasteiger partial charge in [0.05, 0.1) is 12.3 Å². The normalized spacial score (nSPS) is 14.4. The van der Waals surface area contributed by atoms with Gasteiger partial charge < -0.3 is 9.47 Å². The van der Waals surface area contributed by atoms with Crippen LogP contribution in [0.5, 0.6) is 11.5 Å². The number of benzene rings is 3. The first-order valence-electron chi connectivity index (χ1n) is 12.6. The third-order valence-electron chi connectivity index (χ3n) is 6.16. The third kappa shape index (κ3) is 6.06. The number of anilines is 1. The second kappa shape index (κ2) is 12.2. The monoisotopic (exact) mass is 528 g/mol. The van der Waals surface area contributed by atoms with Gasteiger partial charge in [-0.15, -0.1) is 6.58 Å². The number of carbonyl (C=O) groups excluding carboxylic acids is 3. The molecule has 4 rings (SSSR count). The zero-order valence-corrected chi connectivity index (χ0v) is 21.8. The van der Waals surface area contributed by atoms with Crippen LogP contribution >= 0.6 is 0 Å². The molecule has 0 bridgehead atoms. The van der Waals surface area contributed by atoms with Crippen LogP contribution in [0.25, 0.3) is 6.08 Å². The van der Waals surface area contributed by atoms with E-state index in [1.54, 1.807) is 48.5 Å². The van der Waals surface area contributed by atoms with Crippen molar-refractivity contribution in [2.24, 2.45) is 0 Å². The van der Waals surface area contributed by atoms with Crippen LogP contribution in [-0.4, -0.2) is 24.5 Å². The maximum absolute atomic E-state index is 14.2. The summed E-state index contributed by atoms with van der Waals surface area (Å²) < 4.78 is 26.0. The Morgan fingerprint density at radius 1 is 0.974 bits per heavy atom. The van der Waals surface area contributed by atoms with E-state index in [-0.39, 0.29) is 18.0 Å². The summed E-state index contributed by atoms with van der Waals surface area (Å²) in [7, 11) is 0. The Hall–Kier alpha value is -4.72. The lowest BCUT2D eigenvalue weighted by atomic mass is 10.0. The Morgan fingerprint density at radius 2 is 1.72 bits per heavy atom. The van der Waals surface area contributed by atoms with Gasteiger partial charge in [-0.3, -0.25) is 14.9 Å². The van der Waals surface area contributed by atoms with Crippen LogP contribution in [0.2, 0.25) is 0 Å². The highest BCUT2D eigenvalue weighted by molar-refractivity contribution is 6.39. The highest BCUT2D eigenvalue weighted by atomic mass is 19.1. The number of allylic oxidation sites excluding steroid dienone is 1. The van der Waals surface area contributed by atoms with E-state index < -0.39 is 17.8 Å². The molecule has 0 saturated carbocycles. The maximum Gasteiger partial charge on any atom is 0.335 e. The number of barbiturate groups is 1. The van der Waals surface area contributed by atoms with Gasteiger partial charge in [0.1, 0.15) is 18.0 Å². The summed E-state index contributed by atoms with van der Waals surface area (Å²) in [5.74, 6) is -1.14. The Bertz CT molecular complexity index is 1450. The fourth-order valence-corrected chi connectivity index (χ4v) is 4.21. The van der Waals surface area contributed by atoms with Crippen LogP contribution in [0.3, 0.4) is 0 Å². The van der Waals surface area contributed by atoms with Crippen molar-refractivity contribution in [3.05, 3.63) is 107 Å². The minimum absolute atomic E-state index is 0.0217. The van der Waals surface area contributed by atoms with Gasteiger partial charge in [0.15, 0.2) is 11.5 Å². The number of aryl methyl sites for hydroxylation is 1. The quantitative estimate of drug-likeness (QED) is 0.205. The average Bonchev–Trinajstić information content (AvgIpc) is 2.92. The molecule has 3 aromatic rings. The molecule has 0 radical (unpaired) electrons. The molecule has 1 aliphatic heterocycles. The van der Waals surface area contributed by atoms with E-state index in [1.165, 1.54) is 12.1 Å². The van der Waals surface area contributed by atoms with Crippen LogP contribution in [0.15, 0.2) is 78.9 Å². The summed E-state index contributed by atoms with van der Waals surface area (Å²) in [4.78, 5) is 39.6. The minimum atomic E-state index is -0.814. The number of amides is 4. The smallest absolute Gasteiger partial charge is 0.335 e. The van der Waals surface area contributed by atoms with Crippen LogP contribution < -0.4 is 19.7 Å². The van der Waals surface area contributed by atoms with Crippen molar-refractivity contribution >= 4 is 29.6 Å². The van der Waals surface area contributed by atoms with Gasteiger partial charge in [0, 0.05) is 11.1 Å². The summed E-state index contributed by atoms with van der Waals surface area (Å²) >= 11 is 0. The average molecular weight is 529 g/mol. The molecule has 0 aliphatic carbocycles. The Kier molecular flexibility index (Phi) is 8.56. The minimum Gasteiger partial charge on any atom is -0.490 e. The number of urea groups is 1. The summed E-state index contributed by atoms with van der Waals surface area (Å²) in [5.41, 5.74) is 2.74. The summed E-state index contributed by atoms with van der Waals surface area (Å²) in [6.45, 7) is 7.91. The summed E-state index contributed by atoms with van der Waals surface area (Å²) in [6, 6.07) is 15.9. The molecule has 1 heterocycles. The van der Waals surface area contributed by atoms with E-state index in [1.807, 2.05) is 26.0 Å². The number of rotatable bonds is 10. The molecule has 1 saturated heterocycles. The van der Waals surface area contributed by atoms with Crippen LogP contribution in [0.4, 0.5) is 14.9 Å². The lowest BCUT2D eigenvalue weighted by molar-refractivity contribution is -0.122. The molecular weight excluding hydrogens is 499 g/mol. The number of imide groups is 2. The number of ether oxygens (including phenoxy) is 2. The van der Waals surface area contributed by atoms with Crippen molar-refractivity contribution in [3.63, 3.8) is 0 Å². The van der Waals surface area contributed by atoms with Crippen LogP contribution in [0.1, 0.15) is 36.1 Å². The van der Waals surface area contributed by atoms with Crippen molar-refractivity contribution in [1.82, 2.24) is 5.32 Å². The molecule has 1 aliphatic rings. The second-order valence-electron chi connectivity index (χ2n) is 8.79. The third-order valence-corrected chi connectivity index (χ3v) is 6.16. The molecule has 4 amide bonds. The molecule has 0 unspecified atom stereocenters. The van der Waals surface area contributed by atoms with Gasteiger partial charge in [0.2, 0.25) is 0 Å². The van der Waals surface area contributed by atoms with E-state index in [2.05, 4.69) is 11.9 Å². The fraction of sp³-hybridized carbons (Fsp3) is 0.194. The first kappa shape index (κ1) is 27.3. The molecule has 200 valence electrons. The number of carbonyl (C=O) groups is 3. The number of halogens is 1. The van der Waals surface area contributed by atoms with Gasteiger partial charge >= 0.3 is 6.03 Å². The topological polar surface area (TPSA) is 84.9 Å². The second-order valence-corrected chi connectivity index (χ2v) is 8.79. The molecule has 0 aromatic heterocycles. The molecule has 0 atom stereocenters.